The highest BCUT2D eigenvalue weighted by atomic mass is 16.6. The van der Waals surface area contributed by atoms with Crippen molar-refractivity contribution in [2.24, 2.45) is 0 Å². The van der Waals surface area contributed by atoms with Gasteiger partial charge in [0.2, 0.25) is 0 Å². The second kappa shape index (κ2) is 6.45. The summed E-state index contributed by atoms with van der Waals surface area (Å²) in [5, 5.41) is 0. The van der Waals surface area contributed by atoms with Gasteiger partial charge in [0.05, 0.1) is 5.57 Å². The van der Waals surface area contributed by atoms with Crippen LogP contribution < -0.4 is 0 Å². The predicted octanol–water partition coefficient (Wildman–Crippen LogP) is 1.42. The normalized spacial score (nSPS) is 15.7. The molecular weight excluding hydrogens is 288 g/mol. The number of ether oxygens (including phenoxy) is 2. The van der Waals surface area contributed by atoms with Gasteiger partial charge in [-0.15, -0.1) is 0 Å². The van der Waals surface area contributed by atoms with E-state index in [0.29, 0.717) is 5.56 Å². The van der Waals surface area contributed by atoms with Crippen LogP contribution >= 0.6 is 0 Å². The molecule has 0 saturated heterocycles. The summed E-state index contributed by atoms with van der Waals surface area (Å²) >= 11 is 0. The largest absolute Gasteiger partial charge is 0.387 e. The fraction of sp³-hybridized carbons (Fsp3) is 0. The molecule has 0 aliphatic carbocycles. The van der Waals surface area contributed by atoms with Crippen LogP contribution in [0.3, 0.4) is 0 Å². The minimum absolute atomic E-state index is 0.288. The molecule has 2 aliphatic rings. The number of carbonyl (C=O) groups excluding carboxylic acids is 4. The van der Waals surface area contributed by atoms with Crippen molar-refractivity contribution in [2.45, 2.75) is 0 Å². The van der Waals surface area contributed by atoms with E-state index in [1.165, 1.54) is 6.08 Å². The first-order valence-corrected chi connectivity index (χ1v) is 6.15. The van der Waals surface area contributed by atoms with Gasteiger partial charge in [-0.1, -0.05) is 36.9 Å². The second-order valence-corrected chi connectivity index (χ2v) is 4.13. The lowest BCUT2D eigenvalue weighted by Crippen LogP contribution is -2.02. The Bertz CT molecular complexity index is 723. The van der Waals surface area contributed by atoms with E-state index in [-0.39, 0.29) is 5.57 Å². The van der Waals surface area contributed by atoms with Gasteiger partial charge in [-0.25, -0.2) is 19.2 Å². The lowest BCUT2D eigenvalue weighted by molar-refractivity contribution is -0.151. The number of cyclic esters (lactones) is 4. The van der Waals surface area contributed by atoms with E-state index in [9.17, 15) is 19.2 Å². The monoisotopic (exact) mass is 298 g/mol. The molecule has 0 spiro atoms. The van der Waals surface area contributed by atoms with Crippen molar-refractivity contribution in [2.75, 3.05) is 0 Å². The molecule has 0 atom stereocenters. The molecule has 0 aromatic heterocycles. The van der Waals surface area contributed by atoms with Crippen molar-refractivity contribution >= 4 is 35.5 Å². The van der Waals surface area contributed by atoms with Crippen LogP contribution in [-0.2, 0) is 28.7 Å². The number of carbonyl (C=O) groups is 4. The van der Waals surface area contributed by atoms with Gasteiger partial charge in [0, 0.05) is 18.2 Å². The molecule has 1 aromatic carbocycles. The van der Waals surface area contributed by atoms with Crippen LogP contribution in [0.2, 0.25) is 0 Å². The van der Waals surface area contributed by atoms with Crippen LogP contribution in [-0.4, -0.2) is 23.9 Å². The highest BCUT2D eigenvalue weighted by Crippen LogP contribution is 2.24. The first-order valence-electron chi connectivity index (χ1n) is 6.15. The molecule has 0 N–H and O–H groups in total. The molecule has 0 amide bonds. The number of hydrogen-bond donors (Lipinski definition) is 0. The van der Waals surface area contributed by atoms with E-state index in [1.807, 2.05) is 12.1 Å². The Kier molecular flexibility index (Phi) is 4.43. The summed E-state index contributed by atoms with van der Waals surface area (Å²) < 4.78 is 8.40. The van der Waals surface area contributed by atoms with E-state index in [1.54, 1.807) is 18.2 Å². The number of benzene rings is 1. The summed E-state index contributed by atoms with van der Waals surface area (Å²) in [6.45, 7) is 3.64. The molecule has 2 aliphatic heterocycles. The van der Waals surface area contributed by atoms with E-state index in [2.05, 4.69) is 16.1 Å². The number of hydrogen-bond acceptors (Lipinski definition) is 6. The average molecular weight is 298 g/mol. The van der Waals surface area contributed by atoms with Crippen molar-refractivity contribution in [1.29, 1.82) is 0 Å². The zero-order valence-corrected chi connectivity index (χ0v) is 11.3. The predicted molar refractivity (Wildman–Crippen MR) is 75.8 cm³/mol. The number of esters is 4. The summed E-state index contributed by atoms with van der Waals surface area (Å²) in [7, 11) is 0. The molecule has 0 unspecified atom stereocenters. The van der Waals surface area contributed by atoms with Gasteiger partial charge >= 0.3 is 23.9 Å². The van der Waals surface area contributed by atoms with Crippen LogP contribution in [0.4, 0.5) is 0 Å². The van der Waals surface area contributed by atoms with Gasteiger partial charge in [0.1, 0.15) is 0 Å². The van der Waals surface area contributed by atoms with E-state index < -0.39 is 23.9 Å². The molecule has 3 rings (SSSR count). The van der Waals surface area contributed by atoms with E-state index >= 15 is 0 Å². The minimum atomic E-state index is -0.617. The molecule has 0 radical (unpaired) electrons. The Hall–Kier alpha value is -3.28. The first-order chi connectivity index (χ1) is 10.5. The molecular formula is C16H10O6. The fourth-order valence-corrected chi connectivity index (χ4v) is 1.76. The van der Waals surface area contributed by atoms with Crippen molar-refractivity contribution in [3.63, 3.8) is 0 Å². The highest BCUT2D eigenvalue weighted by molar-refractivity contribution is 6.28. The zero-order chi connectivity index (χ0) is 16.1. The van der Waals surface area contributed by atoms with Gasteiger partial charge in [-0.2, -0.15) is 0 Å². The van der Waals surface area contributed by atoms with Crippen LogP contribution in [0, 0.1) is 0 Å². The second-order valence-electron chi connectivity index (χ2n) is 4.13. The summed E-state index contributed by atoms with van der Waals surface area (Å²) in [6, 6.07) is 7.20. The maximum Gasteiger partial charge on any atom is 0.346 e. The standard InChI is InChI=1S/C12H8O3.C4H2O3/c1-2-8-5-3-4-6-9(8)10-7-11(13)15-12(10)14;5-3-1-2-4(6)7-3/h2-7H,1H2;1-2H. The summed E-state index contributed by atoms with van der Waals surface area (Å²) in [5.74, 6) is -2.38. The molecule has 0 bridgehead atoms. The molecule has 0 saturated carbocycles. The average Bonchev–Trinajstić information content (AvgIpc) is 3.04. The Morgan fingerprint density at radius 3 is 1.95 bits per heavy atom. The summed E-state index contributed by atoms with van der Waals surface area (Å²) in [6.07, 6.45) is 5.00. The van der Waals surface area contributed by atoms with Gasteiger partial charge in [-0.3, -0.25) is 0 Å². The zero-order valence-electron chi connectivity index (χ0n) is 11.3. The van der Waals surface area contributed by atoms with E-state index in [4.69, 9.17) is 0 Å². The molecule has 22 heavy (non-hydrogen) atoms. The molecule has 110 valence electrons. The first kappa shape index (κ1) is 15.1. The van der Waals surface area contributed by atoms with Crippen molar-refractivity contribution < 1.29 is 28.7 Å². The summed E-state index contributed by atoms with van der Waals surface area (Å²) in [4.78, 5) is 42.0. The molecule has 0 fully saturated rings. The lowest BCUT2D eigenvalue weighted by Gasteiger charge is -2.03. The molecule has 6 heteroatoms. The summed E-state index contributed by atoms with van der Waals surface area (Å²) in [5.41, 5.74) is 1.76. The van der Waals surface area contributed by atoms with E-state index in [0.717, 1.165) is 17.7 Å². The maximum atomic E-state index is 11.3. The number of rotatable bonds is 2. The Morgan fingerprint density at radius 2 is 1.50 bits per heavy atom. The van der Waals surface area contributed by atoms with Gasteiger partial charge in [0.15, 0.2) is 0 Å². The minimum Gasteiger partial charge on any atom is -0.387 e. The van der Waals surface area contributed by atoms with Gasteiger partial charge in [-0.05, 0) is 11.1 Å². The SMILES string of the molecule is C=Cc1ccccc1C1=CC(=O)OC1=O.O=C1C=CC(=O)O1. The van der Waals surface area contributed by atoms with Gasteiger partial charge in [0.25, 0.3) is 0 Å². The molecule has 6 nitrogen and oxygen atoms in total. The quantitative estimate of drug-likeness (QED) is 0.606. The Labute approximate surface area is 125 Å². The van der Waals surface area contributed by atoms with Crippen LogP contribution in [0.25, 0.3) is 11.6 Å². The maximum absolute atomic E-state index is 11.3. The molecule has 2 heterocycles. The van der Waals surface area contributed by atoms with Crippen molar-refractivity contribution in [3.8, 4) is 0 Å². The third-order valence-corrected chi connectivity index (χ3v) is 2.70. The van der Waals surface area contributed by atoms with Crippen molar-refractivity contribution in [1.82, 2.24) is 0 Å². The Balaban J connectivity index is 0.000000211. The highest BCUT2D eigenvalue weighted by Gasteiger charge is 2.25. The molecule has 1 aromatic rings. The third kappa shape index (κ3) is 3.43. The topological polar surface area (TPSA) is 86.7 Å². The Morgan fingerprint density at radius 1 is 0.864 bits per heavy atom. The fourth-order valence-electron chi connectivity index (χ4n) is 1.76. The van der Waals surface area contributed by atoms with Crippen LogP contribution in [0.5, 0.6) is 0 Å². The van der Waals surface area contributed by atoms with Gasteiger partial charge < -0.3 is 9.47 Å². The van der Waals surface area contributed by atoms with Crippen LogP contribution in [0.15, 0.2) is 49.1 Å². The van der Waals surface area contributed by atoms with Crippen LogP contribution in [0.1, 0.15) is 11.1 Å². The van der Waals surface area contributed by atoms with Crippen molar-refractivity contribution in [3.05, 3.63) is 60.2 Å². The smallest absolute Gasteiger partial charge is 0.346 e. The third-order valence-electron chi connectivity index (χ3n) is 2.70. The lowest BCUT2D eigenvalue weighted by atomic mass is 10.0.